The molecule has 4 nitrogen and oxygen atoms in total. The van der Waals surface area contributed by atoms with Crippen LogP contribution in [0.1, 0.15) is 21.7 Å². The van der Waals surface area contributed by atoms with Crippen LogP contribution in [0.15, 0.2) is 6.07 Å². The molecule has 0 unspecified atom stereocenters. The highest BCUT2D eigenvalue weighted by atomic mass is 19.3. The fourth-order valence-corrected chi connectivity index (χ4v) is 1.13. The number of nitriles is 1. The molecule has 0 saturated heterocycles. The van der Waals surface area contributed by atoms with Gasteiger partial charge in [0.05, 0.1) is 5.56 Å². The maximum Gasteiger partial charge on any atom is 0.340 e. The molecule has 0 spiro atoms. The second-order valence-electron chi connectivity index (χ2n) is 3.47. The Morgan fingerprint density at radius 1 is 1.61 bits per heavy atom. The molecule has 0 aliphatic rings. The maximum atomic E-state index is 12.5. The van der Waals surface area contributed by atoms with Gasteiger partial charge in [-0.15, -0.1) is 0 Å². The third-order valence-electron chi connectivity index (χ3n) is 2.07. The maximum absolute atomic E-state index is 12.5. The highest BCUT2D eigenvalue weighted by molar-refractivity contribution is 5.91. The minimum absolute atomic E-state index is 0.0417. The van der Waals surface area contributed by atoms with Crippen LogP contribution in [0.3, 0.4) is 0 Å². The first-order valence-electron chi connectivity index (χ1n) is 4.70. The topological polar surface area (TPSA) is 65.9 Å². The van der Waals surface area contributed by atoms with Crippen molar-refractivity contribution in [3.63, 3.8) is 0 Å². The van der Waals surface area contributed by atoms with Gasteiger partial charge in [-0.1, -0.05) is 0 Å². The van der Waals surface area contributed by atoms with Crippen molar-refractivity contribution in [1.29, 1.82) is 5.26 Å². The molecule has 8 heteroatoms. The molecule has 0 aliphatic heterocycles. The number of nitrogens with one attached hydrogen (secondary N) is 1. The van der Waals surface area contributed by atoms with Crippen LogP contribution in [-0.4, -0.2) is 29.9 Å². The van der Waals surface area contributed by atoms with E-state index >= 15 is 0 Å². The Morgan fingerprint density at radius 3 is 2.67 bits per heavy atom. The van der Waals surface area contributed by atoms with Crippen molar-refractivity contribution in [1.82, 2.24) is 4.98 Å². The first kappa shape index (κ1) is 14.0. The summed E-state index contributed by atoms with van der Waals surface area (Å²) in [4.78, 5) is 13.8. The summed E-state index contributed by atoms with van der Waals surface area (Å²) in [6.45, 7) is -0.293. The number of ether oxygens (including phenoxy) is 1. The Hall–Kier alpha value is -2.04. The molecule has 0 atom stereocenters. The van der Waals surface area contributed by atoms with Gasteiger partial charge in [-0.05, 0) is 13.0 Å². The number of carbonyl (C=O) groups is 1. The van der Waals surface area contributed by atoms with E-state index in [1.807, 2.05) is 0 Å². The van der Waals surface area contributed by atoms with Crippen molar-refractivity contribution >= 4 is 5.97 Å². The first-order valence-corrected chi connectivity index (χ1v) is 4.70. The van der Waals surface area contributed by atoms with E-state index in [0.29, 0.717) is 0 Å². The second-order valence-corrected chi connectivity index (χ2v) is 3.47. The van der Waals surface area contributed by atoms with Crippen LogP contribution in [0, 0.1) is 18.3 Å². The van der Waals surface area contributed by atoms with Gasteiger partial charge in [0.2, 0.25) is 0 Å². The number of aromatic amines is 1. The van der Waals surface area contributed by atoms with Crippen LogP contribution in [-0.2, 0) is 4.74 Å². The van der Waals surface area contributed by atoms with Crippen molar-refractivity contribution in [2.75, 3.05) is 6.61 Å². The molecular formula is C10H8F4N2O2. The summed E-state index contributed by atoms with van der Waals surface area (Å²) in [6.07, 6.45) is -3.91. The second kappa shape index (κ2) is 5.08. The molecule has 0 saturated carbocycles. The fraction of sp³-hybridized carbons (Fsp3) is 0.400. The predicted molar refractivity (Wildman–Crippen MR) is 51.5 cm³/mol. The van der Waals surface area contributed by atoms with E-state index in [2.05, 4.69) is 9.72 Å². The number of aryl methyl sites for hydroxylation is 1. The normalized spacial score (nSPS) is 11.4. The molecule has 1 heterocycles. The number of aromatic nitrogens is 1. The van der Waals surface area contributed by atoms with Crippen molar-refractivity contribution in [3.8, 4) is 6.07 Å². The van der Waals surface area contributed by atoms with E-state index < -0.39 is 24.9 Å². The summed E-state index contributed by atoms with van der Waals surface area (Å²) in [6, 6.07) is 2.80. The van der Waals surface area contributed by atoms with E-state index in [1.54, 1.807) is 6.07 Å². The molecule has 0 bridgehead atoms. The fourth-order valence-electron chi connectivity index (χ4n) is 1.13. The zero-order chi connectivity index (χ0) is 13.9. The third kappa shape index (κ3) is 3.00. The first-order chi connectivity index (χ1) is 8.27. The van der Waals surface area contributed by atoms with Gasteiger partial charge in [-0.25, -0.2) is 13.6 Å². The lowest BCUT2D eigenvalue weighted by atomic mass is 10.2. The number of H-pyrrole nitrogens is 1. The summed E-state index contributed by atoms with van der Waals surface area (Å²) >= 11 is 0. The molecule has 18 heavy (non-hydrogen) atoms. The Morgan fingerprint density at radius 2 is 2.22 bits per heavy atom. The molecule has 0 aliphatic carbocycles. The lowest BCUT2D eigenvalue weighted by molar-refractivity contribution is -0.155. The Bertz CT molecular complexity index is 491. The third-order valence-corrected chi connectivity index (χ3v) is 2.07. The van der Waals surface area contributed by atoms with E-state index in [1.165, 1.54) is 6.92 Å². The van der Waals surface area contributed by atoms with Gasteiger partial charge in [-0.3, -0.25) is 0 Å². The summed E-state index contributed by atoms with van der Waals surface area (Å²) in [5, 5.41) is 8.54. The number of esters is 1. The molecule has 0 radical (unpaired) electrons. The number of halogens is 4. The Kier molecular flexibility index (Phi) is 3.96. The molecule has 0 fully saturated rings. The van der Waals surface area contributed by atoms with E-state index in [4.69, 9.17) is 5.26 Å². The van der Waals surface area contributed by atoms with Gasteiger partial charge in [0, 0.05) is 5.69 Å². The molecular weight excluding hydrogens is 256 g/mol. The highest BCUT2D eigenvalue weighted by Gasteiger charge is 2.42. The molecule has 0 aromatic carbocycles. The van der Waals surface area contributed by atoms with E-state index in [0.717, 1.165) is 6.07 Å². The lowest BCUT2D eigenvalue weighted by Gasteiger charge is -2.14. The number of rotatable bonds is 4. The molecule has 1 N–H and O–H groups in total. The van der Waals surface area contributed by atoms with Crippen molar-refractivity contribution in [3.05, 3.63) is 23.0 Å². The van der Waals surface area contributed by atoms with Gasteiger partial charge in [0.25, 0.3) is 0 Å². The van der Waals surface area contributed by atoms with Crippen LogP contribution < -0.4 is 0 Å². The SMILES string of the molecule is Cc1[nH]c(C#N)cc1C(=O)OCC(F)(F)C(F)F. The van der Waals surface area contributed by atoms with Crippen LogP contribution in [0.4, 0.5) is 17.6 Å². The van der Waals surface area contributed by atoms with Crippen LogP contribution in [0.25, 0.3) is 0 Å². The number of hydrogen-bond acceptors (Lipinski definition) is 3. The number of carbonyl (C=O) groups excluding carboxylic acids is 1. The molecule has 1 rings (SSSR count). The summed E-state index contributed by atoms with van der Waals surface area (Å²) in [7, 11) is 0. The minimum atomic E-state index is -4.39. The van der Waals surface area contributed by atoms with Gasteiger partial charge in [0.15, 0.2) is 6.61 Å². The van der Waals surface area contributed by atoms with Gasteiger partial charge in [-0.2, -0.15) is 14.0 Å². The number of hydrogen-bond donors (Lipinski definition) is 1. The zero-order valence-corrected chi connectivity index (χ0v) is 9.14. The highest BCUT2D eigenvalue weighted by Crippen LogP contribution is 2.23. The molecule has 1 aromatic heterocycles. The monoisotopic (exact) mass is 264 g/mol. The Labute approximate surface area is 99.2 Å². The zero-order valence-electron chi connectivity index (χ0n) is 9.14. The van der Waals surface area contributed by atoms with E-state index in [9.17, 15) is 22.4 Å². The largest absolute Gasteiger partial charge is 0.455 e. The summed E-state index contributed by atoms with van der Waals surface area (Å²) in [5.74, 6) is -5.58. The van der Waals surface area contributed by atoms with Gasteiger partial charge < -0.3 is 9.72 Å². The predicted octanol–water partition coefficient (Wildman–Crippen LogP) is 2.25. The molecule has 1 aromatic rings. The van der Waals surface area contributed by atoms with Crippen molar-refractivity contribution in [2.45, 2.75) is 19.3 Å². The van der Waals surface area contributed by atoms with Crippen LogP contribution in [0.2, 0.25) is 0 Å². The summed E-state index contributed by atoms with van der Waals surface area (Å²) < 4.78 is 52.7. The smallest absolute Gasteiger partial charge is 0.340 e. The van der Waals surface area contributed by atoms with Crippen molar-refractivity contribution in [2.24, 2.45) is 0 Å². The number of alkyl halides is 4. The average molecular weight is 264 g/mol. The number of nitrogens with zero attached hydrogens (tertiary/aromatic N) is 1. The summed E-state index contributed by atoms with van der Waals surface area (Å²) in [5.41, 5.74) is 0.133. The quantitative estimate of drug-likeness (QED) is 0.670. The standard InChI is InChI=1S/C10H8F4N2O2/c1-5-7(2-6(3-15)16-5)8(17)18-4-10(13,14)9(11)12/h2,9,16H,4H2,1H3. The average Bonchev–Trinajstić information content (AvgIpc) is 2.67. The minimum Gasteiger partial charge on any atom is -0.455 e. The van der Waals surface area contributed by atoms with Crippen LogP contribution >= 0.6 is 0 Å². The van der Waals surface area contributed by atoms with Crippen LogP contribution in [0.5, 0.6) is 0 Å². The van der Waals surface area contributed by atoms with Gasteiger partial charge >= 0.3 is 18.3 Å². The molecule has 98 valence electrons. The van der Waals surface area contributed by atoms with E-state index in [-0.39, 0.29) is 17.0 Å². The van der Waals surface area contributed by atoms with Crippen molar-refractivity contribution < 1.29 is 27.1 Å². The van der Waals surface area contributed by atoms with Gasteiger partial charge in [0.1, 0.15) is 11.8 Å². The Balaban J connectivity index is 2.72. The lowest BCUT2D eigenvalue weighted by Crippen LogP contribution is -2.33. The molecule has 0 amide bonds.